The Balaban J connectivity index is 1.60. The molecule has 5 nitrogen and oxygen atoms in total. The van der Waals surface area contributed by atoms with Crippen LogP contribution in [0.5, 0.6) is 0 Å². The lowest BCUT2D eigenvalue weighted by Gasteiger charge is -2.17. The largest absolute Gasteiger partial charge is 0.451 e. The van der Waals surface area contributed by atoms with E-state index in [2.05, 4.69) is 15.3 Å². The van der Waals surface area contributed by atoms with E-state index in [9.17, 15) is 4.79 Å². The van der Waals surface area contributed by atoms with Crippen molar-refractivity contribution in [1.82, 2.24) is 15.3 Å². The van der Waals surface area contributed by atoms with Crippen molar-refractivity contribution < 1.29 is 9.21 Å². The fourth-order valence-electron chi connectivity index (χ4n) is 2.90. The summed E-state index contributed by atoms with van der Waals surface area (Å²) < 4.78 is 5.66. The second-order valence-corrected chi connectivity index (χ2v) is 6.41. The lowest BCUT2D eigenvalue weighted by molar-refractivity contribution is 0.0910. The molecule has 0 aliphatic carbocycles. The van der Waals surface area contributed by atoms with Crippen molar-refractivity contribution >= 4 is 28.5 Å². The fourth-order valence-corrected chi connectivity index (χ4v) is 3.08. The van der Waals surface area contributed by atoms with Gasteiger partial charge in [0.15, 0.2) is 5.76 Å². The zero-order valence-corrected chi connectivity index (χ0v) is 14.5. The highest BCUT2D eigenvalue weighted by Gasteiger charge is 2.20. The number of H-pyrrole nitrogens is 1. The van der Waals surface area contributed by atoms with E-state index in [0.717, 1.165) is 16.8 Å². The predicted molar refractivity (Wildman–Crippen MR) is 100 cm³/mol. The topological polar surface area (TPSA) is 70.9 Å². The predicted octanol–water partition coefficient (Wildman–Crippen LogP) is 4.52. The van der Waals surface area contributed by atoms with Crippen LogP contribution in [0, 0.1) is 0 Å². The molecule has 2 aromatic heterocycles. The van der Waals surface area contributed by atoms with Gasteiger partial charge in [0.05, 0.1) is 6.04 Å². The van der Waals surface area contributed by atoms with Gasteiger partial charge in [-0.1, -0.05) is 41.9 Å². The normalized spacial score (nSPS) is 12.2. The van der Waals surface area contributed by atoms with Crippen molar-refractivity contribution in [2.75, 3.05) is 0 Å². The summed E-state index contributed by atoms with van der Waals surface area (Å²) in [6.45, 7) is 0. The molecule has 0 aliphatic rings. The minimum atomic E-state index is -0.280. The van der Waals surface area contributed by atoms with Gasteiger partial charge in [-0.15, -0.1) is 0 Å². The first-order chi connectivity index (χ1) is 12.7. The summed E-state index contributed by atoms with van der Waals surface area (Å²) in [5.74, 6) is 0.774. The molecule has 2 aromatic carbocycles. The van der Waals surface area contributed by atoms with Crippen molar-refractivity contribution in [2.45, 2.75) is 12.5 Å². The lowest BCUT2D eigenvalue weighted by atomic mass is 10.0. The maximum Gasteiger partial charge on any atom is 0.287 e. The van der Waals surface area contributed by atoms with E-state index in [1.165, 1.54) is 0 Å². The number of nitrogens with zero attached hydrogens (tertiary/aromatic N) is 1. The second kappa shape index (κ2) is 7.06. The van der Waals surface area contributed by atoms with E-state index in [1.807, 2.05) is 30.3 Å². The van der Waals surface area contributed by atoms with Crippen LogP contribution in [0.2, 0.25) is 5.02 Å². The molecule has 1 atom stereocenters. The summed E-state index contributed by atoms with van der Waals surface area (Å²) in [5.41, 5.74) is 1.62. The van der Waals surface area contributed by atoms with Crippen LogP contribution in [0.15, 0.2) is 71.4 Å². The minimum Gasteiger partial charge on any atom is -0.451 e. The Hall–Kier alpha value is -3.05. The molecule has 0 spiro atoms. The summed E-state index contributed by atoms with van der Waals surface area (Å²) in [4.78, 5) is 20.1. The molecule has 1 amide bonds. The number of imidazole rings is 1. The molecular formula is C20H16ClN3O2. The van der Waals surface area contributed by atoms with Crippen LogP contribution < -0.4 is 5.32 Å². The molecule has 0 saturated heterocycles. The number of rotatable bonds is 5. The quantitative estimate of drug-likeness (QED) is 0.546. The van der Waals surface area contributed by atoms with Crippen molar-refractivity contribution in [3.63, 3.8) is 0 Å². The zero-order valence-electron chi connectivity index (χ0n) is 13.8. The minimum absolute atomic E-state index is 0.230. The van der Waals surface area contributed by atoms with Gasteiger partial charge in [0.1, 0.15) is 11.4 Å². The van der Waals surface area contributed by atoms with Crippen LogP contribution in [0.25, 0.3) is 11.0 Å². The van der Waals surface area contributed by atoms with Crippen LogP contribution >= 0.6 is 11.6 Å². The fraction of sp³-hybridized carbons (Fsp3) is 0.100. The van der Waals surface area contributed by atoms with Gasteiger partial charge in [0.2, 0.25) is 0 Å². The molecule has 0 fully saturated rings. The zero-order chi connectivity index (χ0) is 17.9. The van der Waals surface area contributed by atoms with E-state index in [1.54, 1.807) is 36.7 Å². The van der Waals surface area contributed by atoms with E-state index in [0.29, 0.717) is 17.0 Å². The second-order valence-electron chi connectivity index (χ2n) is 5.97. The Morgan fingerprint density at radius 3 is 2.81 bits per heavy atom. The number of carbonyl (C=O) groups is 1. The summed E-state index contributed by atoms with van der Waals surface area (Å²) in [6.07, 6.45) is 4.01. The van der Waals surface area contributed by atoms with Crippen LogP contribution in [0.4, 0.5) is 0 Å². The maximum absolute atomic E-state index is 12.7. The number of hydrogen-bond donors (Lipinski definition) is 2. The molecule has 2 N–H and O–H groups in total. The first-order valence-electron chi connectivity index (χ1n) is 8.22. The SMILES string of the molecule is O=C(NC(Cc1ncc[nH]1)c1ccccc1)c1cc2cc(Cl)ccc2o1. The van der Waals surface area contributed by atoms with Gasteiger partial charge >= 0.3 is 0 Å². The van der Waals surface area contributed by atoms with Gasteiger partial charge in [-0.2, -0.15) is 0 Å². The van der Waals surface area contributed by atoms with E-state index < -0.39 is 0 Å². The number of aromatic nitrogens is 2. The lowest BCUT2D eigenvalue weighted by Crippen LogP contribution is -2.30. The summed E-state index contributed by atoms with van der Waals surface area (Å²) in [7, 11) is 0. The Morgan fingerprint density at radius 1 is 1.19 bits per heavy atom. The standard InChI is InChI=1S/C20H16ClN3O2/c21-15-6-7-17-14(10-15)11-18(26-17)20(25)24-16(12-19-22-8-9-23-19)13-4-2-1-3-5-13/h1-11,16H,12H2,(H,22,23)(H,24,25). The van der Waals surface area contributed by atoms with Crippen LogP contribution in [-0.4, -0.2) is 15.9 Å². The van der Waals surface area contributed by atoms with Crippen molar-refractivity contribution in [3.8, 4) is 0 Å². The van der Waals surface area contributed by atoms with Crippen LogP contribution in [-0.2, 0) is 6.42 Å². The Kier molecular flexibility index (Phi) is 4.46. The molecule has 0 saturated carbocycles. The molecule has 0 bridgehead atoms. The van der Waals surface area contributed by atoms with Gasteiger partial charge in [-0.05, 0) is 29.8 Å². The average molecular weight is 366 g/mol. The summed E-state index contributed by atoms with van der Waals surface area (Å²) in [5, 5.41) is 4.44. The van der Waals surface area contributed by atoms with Crippen molar-refractivity contribution in [1.29, 1.82) is 0 Å². The third kappa shape index (κ3) is 3.48. The van der Waals surface area contributed by atoms with Crippen molar-refractivity contribution in [2.24, 2.45) is 0 Å². The third-order valence-corrected chi connectivity index (χ3v) is 4.40. The molecule has 130 valence electrons. The number of halogens is 1. The molecule has 0 aliphatic heterocycles. The van der Waals surface area contributed by atoms with Gasteiger partial charge in [-0.3, -0.25) is 4.79 Å². The summed E-state index contributed by atoms with van der Waals surface area (Å²) in [6, 6.07) is 16.5. The van der Waals surface area contributed by atoms with Gasteiger partial charge in [0.25, 0.3) is 5.91 Å². The first kappa shape index (κ1) is 16.4. The number of nitrogens with one attached hydrogen (secondary N) is 2. The molecule has 6 heteroatoms. The number of furan rings is 1. The molecule has 0 radical (unpaired) electrons. The number of hydrogen-bond acceptors (Lipinski definition) is 3. The van der Waals surface area contributed by atoms with Gasteiger partial charge in [-0.25, -0.2) is 4.98 Å². The molecule has 4 rings (SSSR count). The number of amides is 1. The number of aromatic amines is 1. The smallest absolute Gasteiger partial charge is 0.287 e. The molecule has 1 unspecified atom stereocenters. The third-order valence-electron chi connectivity index (χ3n) is 4.16. The van der Waals surface area contributed by atoms with Crippen LogP contribution in [0.3, 0.4) is 0 Å². The number of carbonyl (C=O) groups excluding carboxylic acids is 1. The molecule has 2 heterocycles. The highest BCUT2D eigenvalue weighted by Crippen LogP contribution is 2.24. The average Bonchev–Trinajstić information content (AvgIpc) is 3.31. The Labute approximate surface area is 155 Å². The maximum atomic E-state index is 12.7. The van der Waals surface area contributed by atoms with Crippen molar-refractivity contribution in [3.05, 3.63) is 89.2 Å². The Morgan fingerprint density at radius 2 is 2.04 bits per heavy atom. The van der Waals surface area contributed by atoms with E-state index >= 15 is 0 Å². The Bertz CT molecular complexity index is 1030. The number of fused-ring (bicyclic) bond motifs is 1. The first-order valence-corrected chi connectivity index (χ1v) is 8.60. The van der Waals surface area contributed by atoms with E-state index in [-0.39, 0.29) is 17.7 Å². The molecular weight excluding hydrogens is 350 g/mol. The molecule has 26 heavy (non-hydrogen) atoms. The van der Waals surface area contributed by atoms with E-state index in [4.69, 9.17) is 16.0 Å². The van der Waals surface area contributed by atoms with Gasteiger partial charge in [0, 0.05) is 29.2 Å². The molecule has 4 aromatic rings. The van der Waals surface area contributed by atoms with Gasteiger partial charge < -0.3 is 14.7 Å². The number of benzene rings is 2. The van der Waals surface area contributed by atoms with Crippen LogP contribution in [0.1, 0.15) is 28.0 Å². The highest BCUT2D eigenvalue weighted by molar-refractivity contribution is 6.31. The highest BCUT2D eigenvalue weighted by atomic mass is 35.5. The monoisotopic (exact) mass is 365 g/mol. The summed E-state index contributed by atoms with van der Waals surface area (Å²) >= 11 is 6.00.